The number of rotatable bonds is 6. The van der Waals surface area contributed by atoms with Crippen LogP contribution in [0.25, 0.3) is 0 Å². The molecule has 1 N–H and O–H groups in total. The number of likely N-dealkylation sites (N-methyl/N-ethyl adjacent to an activating group) is 1. The van der Waals surface area contributed by atoms with E-state index in [2.05, 4.69) is 35.9 Å². The number of thioether (sulfide) groups is 1. The van der Waals surface area contributed by atoms with E-state index in [9.17, 15) is 4.79 Å². The first-order valence-corrected chi connectivity index (χ1v) is 10.2. The fraction of sp³-hybridized carbons (Fsp3) is 0.941. The SMILES string of the molecule is CCN1CCN(CCCCNC(=O)N2C[C@@H](C)S[C@H](C)C2)CC1. The minimum Gasteiger partial charge on any atom is -0.338 e. The van der Waals surface area contributed by atoms with Gasteiger partial charge in [-0.25, -0.2) is 4.79 Å². The summed E-state index contributed by atoms with van der Waals surface area (Å²) < 4.78 is 0. The Morgan fingerprint density at radius 3 is 2.26 bits per heavy atom. The van der Waals surface area contributed by atoms with Crippen molar-refractivity contribution in [2.24, 2.45) is 0 Å². The Bertz CT molecular complexity index is 351. The largest absolute Gasteiger partial charge is 0.338 e. The molecule has 2 saturated heterocycles. The van der Waals surface area contributed by atoms with Gasteiger partial charge in [0.15, 0.2) is 0 Å². The Hall–Kier alpha value is -0.460. The number of nitrogens with one attached hydrogen (secondary N) is 1. The Kier molecular flexibility index (Phi) is 7.99. The maximum atomic E-state index is 12.2. The van der Waals surface area contributed by atoms with Gasteiger partial charge >= 0.3 is 6.03 Å². The van der Waals surface area contributed by atoms with E-state index in [1.807, 2.05) is 16.7 Å². The molecule has 5 nitrogen and oxygen atoms in total. The smallest absolute Gasteiger partial charge is 0.317 e. The lowest BCUT2D eigenvalue weighted by molar-refractivity contribution is 0.135. The summed E-state index contributed by atoms with van der Waals surface area (Å²) in [5, 5.41) is 4.19. The molecule has 0 aromatic carbocycles. The summed E-state index contributed by atoms with van der Waals surface area (Å²) in [6, 6.07) is 0.126. The van der Waals surface area contributed by atoms with Crippen molar-refractivity contribution in [3.05, 3.63) is 0 Å². The number of hydrogen-bond donors (Lipinski definition) is 1. The summed E-state index contributed by atoms with van der Waals surface area (Å²) in [7, 11) is 0. The van der Waals surface area contributed by atoms with Crippen LogP contribution >= 0.6 is 11.8 Å². The fourth-order valence-electron chi connectivity index (χ4n) is 3.44. The second-order valence-corrected chi connectivity index (χ2v) is 8.76. The molecular weight excluding hydrogens is 308 g/mol. The van der Waals surface area contributed by atoms with Gasteiger partial charge in [0.25, 0.3) is 0 Å². The van der Waals surface area contributed by atoms with Crippen molar-refractivity contribution in [3.8, 4) is 0 Å². The summed E-state index contributed by atoms with van der Waals surface area (Å²) in [5.74, 6) is 0. The Morgan fingerprint density at radius 1 is 1.04 bits per heavy atom. The van der Waals surface area contributed by atoms with Gasteiger partial charge in [0, 0.05) is 56.3 Å². The molecule has 0 radical (unpaired) electrons. The summed E-state index contributed by atoms with van der Waals surface area (Å²) >= 11 is 1.98. The standard InChI is InChI=1S/C17H34N4OS/c1-4-19-9-11-20(12-10-19)8-6-5-7-18-17(22)21-13-15(2)23-16(3)14-21/h15-16H,4-14H2,1-3H3,(H,18,22)/t15-,16-/m1/s1. The van der Waals surface area contributed by atoms with Crippen LogP contribution in [0.3, 0.4) is 0 Å². The normalized spacial score (nSPS) is 27.2. The predicted octanol–water partition coefficient (Wildman–Crippen LogP) is 1.94. The molecule has 2 rings (SSSR count). The zero-order valence-electron chi connectivity index (χ0n) is 15.1. The second kappa shape index (κ2) is 9.74. The van der Waals surface area contributed by atoms with Crippen LogP contribution in [0.2, 0.25) is 0 Å². The highest BCUT2D eigenvalue weighted by molar-refractivity contribution is 8.00. The molecule has 2 amide bonds. The van der Waals surface area contributed by atoms with Crippen molar-refractivity contribution in [1.82, 2.24) is 20.0 Å². The molecule has 0 saturated carbocycles. The van der Waals surface area contributed by atoms with Crippen LogP contribution < -0.4 is 5.32 Å². The zero-order valence-corrected chi connectivity index (χ0v) is 15.9. The van der Waals surface area contributed by atoms with Gasteiger partial charge in [0.1, 0.15) is 0 Å². The second-order valence-electron chi connectivity index (χ2n) is 6.88. The van der Waals surface area contributed by atoms with Gasteiger partial charge in [-0.15, -0.1) is 0 Å². The van der Waals surface area contributed by atoms with Gasteiger partial charge in [-0.05, 0) is 25.9 Å². The molecule has 2 atom stereocenters. The van der Waals surface area contributed by atoms with E-state index >= 15 is 0 Å². The molecule has 0 unspecified atom stereocenters. The van der Waals surface area contributed by atoms with Gasteiger partial charge < -0.3 is 20.0 Å². The summed E-state index contributed by atoms with van der Waals surface area (Å²) in [5.41, 5.74) is 0. The molecule has 2 aliphatic heterocycles. The molecule has 23 heavy (non-hydrogen) atoms. The van der Waals surface area contributed by atoms with Gasteiger partial charge in [0.2, 0.25) is 0 Å². The summed E-state index contributed by atoms with van der Waals surface area (Å²) in [6.45, 7) is 16.4. The lowest BCUT2D eigenvalue weighted by Crippen LogP contribution is -2.48. The molecule has 0 aliphatic carbocycles. The van der Waals surface area contributed by atoms with E-state index in [4.69, 9.17) is 0 Å². The molecule has 134 valence electrons. The van der Waals surface area contributed by atoms with Crippen molar-refractivity contribution >= 4 is 17.8 Å². The van der Waals surface area contributed by atoms with E-state index in [-0.39, 0.29) is 6.03 Å². The highest BCUT2D eigenvalue weighted by atomic mass is 32.2. The van der Waals surface area contributed by atoms with Crippen molar-refractivity contribution in [1.29, 1.82) is 0 Å². The number of piperazine rings is 1. The highest BCUT2D eigenvalue weighted by Crippen LogP contribution is 2.24. The molecule has 2 fully saturated rings. The quantitative estimate of drug-likeness (QED) is 0.749. The third-order valence-corrected chi connectivity index (χ3v) is 6.02. The van der Waals surface area contributed by atoms with Gasteiger partial charge in [-0.1, -0.05) is 20.8 Å². The van der Waals surface area contributed by atoms with E-state index in [1.165, 1.54) is 45.7 Å². The third kappa shape index (κ3) is 6.51. The van der Waals surface area contributed by atoms with Crippen LogP contribution in [0.5, 0.6) is 0 Å². The van der Waals surface area contributed by atoms with Crippen LogP contribution in [-0.2, 0) is 0 Å². The van der Waals surface area contributed by atoms with Gasteiger partial charge in [0.05, 0.1) is 0 Å². The van der Waals surface area contributed by atoms with E-state index in [1.54, 1.807) is 0 Å². The maximum Gasteiger partial charge on any atom is 0.317 e. The molecule has 0 bridgehead atoms. The number of carbonyl (C=O) groups excluding carboxylic acids is 1. The topological polar surface area (TPSA) is 38.8 Å². The number of urea groups is 1. The average Bonchev–Trinajstić information content (AvgIpc) is 2.54. The third-order valence-electron chi connectivity index (χ3n) is 4.80. The molecular formula is C17H34N4OS. The lowest BCUT2D eigenvalue weighted by atomic mass is 10.2. The highest BCUT2D eigenvalue weighted by Gasteiger charge is 2.25. The first-order valence-electron chi connectivity index (χ1n) is 9.21. The molecule has 6 heteroatoms. The number of unbranched alkanes of at least 4 members (excludes halogenated alkanes) is 1. The van der Waals surface area contributed by atoms with Crippen LogP contribution in [-0.4, -0.2) is 90.1 Å². The lowest BCUT2D eigenvalue weighted by Gasteiger charge is -2.34. The van der Waals surface area contributed by atoms with Crippen LogP contribution in [0, 0.1) is 0 Å². The molecule has 0 aromatic rings. The Balaban J connectivity index is 1.52. The molecule has 2 aliphatic rings. The van der Waals surface area contributed by atoms with Crippen LogP contribution in [0.15, 0.2) is 0 Å². The predicted molar refractivity (Wildman–Crippen MR) is 99.3 cm³/mol. The van der Waals surface area contributed by atoms with Crippen molar-refractivity contribution in [2.45, 2.75) is 44.1 Å². The van der Waals surface area contributed by atoms with Crippen molar-refractivity contribution in [2.75, 3.05) is 58.9 Å². The summed E-state index contributed by atoms with van der Waals surface area (Å²) in [6.07, 6.45) is 2.25. The average molecular weight is 343 g/mol. The number of hydrogen-bond acceptors (Lipinski definition) is 4. The maximum absolute atomic E-state index is 12.2. The first-order chi connectivity index (χ1) is 11.1. The number of amides is 2. The summed E-state index contributed by atoms with van der Waals surface area (Å²) in [4.78, 5) is 19.3. The Morgan fingerprint density at radius 2 is 1.65 bits per heavy atom. The minimum atomic E-state index is 0.126. The van der Waals surface area contributed by atoms with Crippen molar-refractivity contribution < 1.29 is 4.79 Å². The number of nitrogens with zero attached hydrogens (tertiary/aromatic N) is 3. The van der Waals surface area contributed by atoms with E-state index in [0.717, 1.165) is 26.1 Å². The minimum absolute atomic E-state index is 0.126. The van der Waals surface area contributed by atoms with Crippen LogP contribution in [0.1, 0.15) is 33.6 Å². The van der Waals surface area contributed by atoms with Crippen molar-refractivity contribution in [3.63, 3.8) is 0 Å². The first kappa shape index (κ1) is 18.9. The number of carbonyl (C=O) groups is 1. The Labute approximate surface area is 146 Å². The molecule has 0 aromatic heterocycles. The molecule has 0 spiro atoms. The zero-order chi connectivity index (χ0) is 16.7. The monoisotopic (exact) mass is 342 g/mol. The molecule has 2 heterocycles. The fourth-order valence-corrected chi connectivity index (χ4v) is 4.77. The van der Waals surface area contributed by atoms with E-state index < -0.39 is 0 Å². The van der Waals surface area contributed by atoms with E-state index in [0.29, 0.717) is 10.5 Å². The van der Waals surface area contributed by atoms with Gasteiger partial charge in [-0.3, -0.25) is 0 Å². The van der Waals surface area contributed by atoms with Gasteiger partial charge in [-0.2, -0.15) is 11.8 Å². The van der Waals surface area contributed by atoms with Crippen LogP contribution in [0.4, 0.5) is 4.79 Å².